The highest BCUT2D eigenvalue weighted by molar-refractivity contribution is 5.86. The lowest BCUT2D eigenvalue weighted by Gasteiger charge is -2.07. The molecule has 6 nitrogen and oxygen atoms in total. The minimum atomic E-state index is -4.46. The van der Waals surface area contributed by atoms with Crippen LogP contribution in [0.3, 0.4) is 0 Å². The molecule has 0 aliphatic heterocycles. The Morgan fingerprint density at radius 1 is 1.20 bits per heavy atom. The Kier molecular flexibility index (Phi) is 5.39. The molecule has 2 aromatic rings. The number of nitrogens with zero attached hydrogens (tertiary/aromatic N) is 3. The number of anilines is 1. The first kappa shape index (κ1) is 15.3. The summed E-state index contributed by atoms with van der Waals surface area (Å²) in [5.74, 6) is -0.229. The van der Waals surface area contributed by atoms with E-state index in [4.69, 9.17) is 5.73 Å². The first-order valence-corrected chi connectivity index (χ1v) is 5.19. The van der Waals surface area contributed by atoms with E-state index >= 15 is 0 Å². The van der Waals surface area contributed by atoms with E-state index in [1.807, 2.05) is 5.32 Å². The lowest BCUT2D eigenvalue weighted by atomic mass is 10.2. The Labute approximate surface area is 111 Å². The van der Waals surface area contributed by atoms with Crippen LogP contribution in [-0.4, -0.2) is 21.0 Å². The highest BCUT2D eigenvalue weighted by Gasteiger charge is 2.30. The number of alkyl halides is 3. The summed E-state index contributed by atoms with van der Waals surface area (Å²) in [5, 5.41) is 1.94. The van der Waals surface area contributed by atoms with E-state index < -0.39 is 17.8 Å². The lowest BCUT2D eigenvalue weighted by molar-refractivity contribution is -0.137. The van der Waals surface area contributed by atoms with Crippen LogP contribution < -0.4 is 11.1 Å². The summed E-state index contributed by atoms with van der Waals surface area (Å²) in [6.07, 6.45) is 1.35. The summed E-state index contributed by atoms with van der Waals surface area (Å²) in [6, 6.07) is 2.31. The molecule has 2 rings (SSSR count). The van der Waals surface area contributed by atoms with Gasteiger partial charge in [0.15, 0.2) is 0 Å². The standard InChI is InChI=1S/C7H6F3N3O.C4H4N2/c8-7(9,10)4-1-2-12-5(3-4)13-6(11)14;1-2-5-4-6-3-1/h1-3H,(H3,11,12,13,14);1-4H. The molecule has 0 bridgehead atoms. The average molecular weight is 285 g/mol. The number of hydrogen-bond acceptors (Lipinski definition) is 4. The van der Waals surface area contributed by atoms with Gasteiger partial charge in [0, 0.05) is 18.6 Å². The van der Waals surface area contributed by atoms with Gasteiger partial charge >= 0.3 is 12.2 Å². The fraction of sp³-hybridized carbons (Fsp3) is 0.0909. The van der Waals surface area contributed by atoms with Crippen LogP contribution >= 0.6 is 0 Å². The van der Waals surface area contributed by atoms with Crippen molar-refractivity contribution in [2.75, 3.05) is 5.32 Å². The molecule has 2 heterocycles. The third-order valence-corrected chi connectivity index (χ3v) is 1.82. The Morgan fingerprint density at radius 2 is 1.85 bits per heavy atom. The van der Waals surface area contributed by atoms with Gasteiger partial charge in [-0.3, -0.25) is 5.32 Å². The monoisotopic (exact) mass is 285 g/mol. The van der Waals surface area contributed by atoms with Gasteiger partial charge in [-0.1, -0.05) is 0 Å². The minimum absolute atomic E-state index is 0.229. The van der Waals surface area contributed by atoms with Crippen molar-refractivity contribution in [3.63, 3.8) is 0 Å². The van der Waals surface area contributed by atoms with Crippen molar-refractivity contribution in [1.82, 2.24) is 15.0 Å². The van der Waals surface area contributed by atoms with Crippen LogP contribution in [0.1, 0.15) is 5.56 Å². The van der Waals surface area contributed by atoms with Gasteiger partial charge in [0.2, 0.25) is 0 Å². The molecule has 0 atom stereocenters. The van der Waals surface area contributed by atoms with Crippen molar-refractivity contribution < 1.29 is 18.0 Å². The first-order valence-electron chi connectivity index (χ1n) is 5.19. The summed E-state index contributed by atoms with van der Waals surface area (Å²) in [5.41, 5.74) is 3.82. The second-order valence-corrected chi connectivity index (χ2v) is 3.32. The maximum atomic E-state index is 12.1. The van der Waals surface area contributed by atoms with Gasteiger partial charge < -0.3 is 5.73 Å². The van der Waals surface area contributed by atoms with Crippen molar-refractivity contribution in [2.24, 2.45) is 5.73 Å². The summed E-state index contributed by atoms with van der Waals surface area (Å²) >= 11 is 0. The number of nitrogens with two attached hydrogens (primary N) is 1. The summed E-state index contributed by atoms with van der Waals surface area (Å²) < 4.78 is 36.4. The normalized spacial score (nSPS) is 10.2. The second-order valence-electron chi connectivity index (χ2n) is 3.32. The van der Waals surface area contributed by atoms with E-state index in [9.17, 15) is 18.0 Å². The highest BCUT2D eigenvalue weighted by Crippen LogP contribution is 2.29. The van der Waals surface area contributed by atoms with Crippen molar-refractivity contribution >= 4 is 11.8 Å². The van der Waals surface area contributed by atoms with Crippen molar-refractivity contribution in [3.8, 4) is 0 Å². The fourth-order valence-corrected chi connectivity index (χ4v) is 1.05. The highest BCUT2D eigenvalue weighted by atomic mass is 19.4. The van der Waals surface area contributed by atoms with Gasteiger partial charge in [0.05, 0.1) is 5.56 Å². The number of rotatable bonds is 1. The maximum absolute atomic E-state index is 12.1. The Balaban J connectivity index is 0.000000276. The topological polar surface area (TPSA) is 93.8 Å². The Bertz CT molecular complexity index is 521. The zero-order valence-electron chi connectivity index (χ0n) is 10.0. The lowest BCUT2D eigenvalue weighted by Crippen LogP contribution is -2.20. The molecule has 106 valence electrons. The number of urea groups is 1. The molecule has 3 N–H and O–H groups in total. The van der Waals surface area contributed by atoms with Crippen LogP contribution in [0, 0.1) is 0 Å². The van der Waals surface area contributed by atoms with Crippen molar-refractivity contribution in [1.29, 1.82) is 0 Å². The van der Waals surface area contributed by atoms with Gasteiger partial charge in [0.1, 0.15) is 12.1 Å². The molecule has 0 aliphatic rings. The summed E-state index contributed by atoms with van der Waals surface area (Å²) in [4.78, 5) is 21.1. The number of primary amides is 1. The van der Waals surface area contributed by atoms with Crippen LogP contribution in [-0.2, 0) is 6.18 Å². The molecular formula is C11H10F3N5O. The summed E-state index contributed by atoms with van der Waals surface area (Å²) in [6.45, 7) is 0. The van der Waals surface area contributed by atoms with Crippen LogP contribution in [0.2, 0.25) is 0 Å². The first-order chi connectivity index (χ1) is 9.39. The van der Waals surface area contributed by atoms with Crippen LogP contribution in [0.4, 0.5) is 23.8 Å². The second kappa shape index (κ2) is 7.02. The van der Waals surface area contributed by atoms with E-state index in [2.05, 4.69) is 15.0 Å². The molecule has 0 saturated heterocycles. The van der Waals surface area contributed by atoms with E-state index in [0.717, 1.165) is 12.3 Å². The van der Waals surface area contributed by atoms with Gasteiger partial charge in [-0.05, 0) is 18.2 Å². The minimum Gasteiger partial charge on any atom is -0.351 e. The number of hydrogen-bond donors (Lipinski definition) is 2. The number of nitrogens with one attached hydrogen (secondary N) is 1. The Morgan fingerprint density at radius 3 is 2.25 bits per heavy atom. The van der Waals surface area contributed by atoms with Crippen LogP contribution in [0.15, 0.2) is 43.1 Å². The molecule has 0 aliphatic carbocycles. The molecule has 0 radical (unpaired) electrons. The molecule has 20 heavy (non-hydrogen) atoms. The number of pyridine rings is 1. The number of amides is 2. The van der Waals surface area contributed by atoms with Gasteiger partial charge in [0.25, 0.3) is 0 Å². The van der Waals surface area contributed by atoms with Crippen molar-refractivity contribution in [2.45, 2.75) is 6.18 Å². The van der Waals surface area contributed by atoms with Gasteiger partial charge in [-0.25, -0.2) is 19.7 Å². The maximum Gasteiger partial charge on any atom is 0.416 e. The number of aromatic nitrogens is 3. The van der Waals surface area contributed by atoms with E-state index in [1.54, 1.807) is 18.5 Å². The van der Waals surface area contributed by atoms with Gasteiger partial charge in [-0.15, -0.1) is 0 Å². The number of carbonyl (C=O) groups is 1. The Hall–Kier alpha value is -2.71. The molecule has 0 fully saturated rings. The smallest absolute Gasteiger partial charge is 0.351 e. The number of carbonyl (C=O) groups excluding carboxylic acids is 1. The average Bonchev–Trinajstić information content (AvgIpc) is 2.40. The molecule has 0 aromatic carbocycles. The van der Waals surface area contributed by atoms with Crippen molar-refractivity contribution in [3.05, 3.63) is 48.7 Å². The third kappa shape index (κ3) is 5.76. The fourth-order valence-electron chi connectivity index (χ4n) is 1.05. The van der Waals surface area contributed by atoms with E-state index in [0.29, 0.717) is 6.07 Å². The molecule has 2 aromatic heterocycles. The quantitative estimate of drug-likeness (QED) is 0.838. The van der Waals surface area contributed by atoms with Crippen LogP contribution in [0.25, 0.3) is 0 Å². The molecule has 0 saturated carbocycles. The third-order valence-electron chi connectivity index (χ3n) is 1.82. The SMILES string of the molecule is NC(=O)Nc1cc(C(F)(F)F)ccn1.c1cncnc1. The number of halogens is 3. The van der Waals surface area contributed by atoms with E-state index in [1.165, 1.54) is 6.33 Å². The molecule has 0 unspecified atom stereocenters. The van der Waals surface area contributed by atoms with Gasteiger partial charge in [-0.2, -0.15) is 13.2 Å². The predicted molar refractivity (Wildman–Crippen MR) is 64.5 cm³/mol. The molecule has 2 amide bonds. The van der Waals surface area contributed by atoms with Crippen LogP contribution in [0.5, 0.6) is 0 Å². The molecule has 0 spiro atoms. The predicted octanol–water partition coefficient (Wildman–Crippen LogP) is 2.07. The molecular weight excluding hydrogens is 275 g/mol. The molecule has 9 heteroatoms. The summed E-state index contributed by atoms with van der Waals surface area (Å²) in [7, 11) is 0. The van der Waals surface area contributed by atoms with E-state index in [-0.39, 0.29) is 5.82 Å². The zero-order valence-corrected chi connectivity index (χ0v) is 10.0. The largest absolute Gasteiger partial charge is 0.416 e. The zero-order chi connectivity index (χ0) is 15.0.